The monoisotopic (exact) mass is 449 g/mol. The largest absolute Gasteiger partial charge is 0.457 e. The molecule has 0 fully saturated rings. The smallest absolute Gasteiger partial charge is 0.416 e. The number of benzene rings is 3. The maximum Gasteiger partial charge on any atom is 0.416 e. The van der Waals surface area contributed by atoms with Crippen LogP contribution in [0.1, 0.15) is 11.3 Å². The second-order valence-electron chi connectivity index (χ2n) is 6.81. The molecule has 0 spiro atoms. The van der Waals surface area contributed by atoms with Gasteiger partial charge >= 0.3 is 12.2 Å². The SMILES string of the molecule is N#Cc1cnc2ccc(Oc3cccc(NC(=O)Nc4cccc(C(F)(F)F)c4)c3)cc2n1. The number of fused-ring (bicyclic) bond motifs is 1. The standard InChI is InChI=1S/C23H14F3N5O2/c24-23(25,26)14-3-1-4-15(9-14)30-22(32)31-16-5-2-6-18(10-16)33-19-7-8-20-21(11-19)29-17(12-27)13-28-20/h1-11,13H,(H2,30,31,32). The van der Waals surface area contributed by atoms with E-state index in [1.807, 2.05) is 6.07 Å². The summed E-state index contributed by atoms with van der Waals surface area (Å²) in [6.07, 6.45) is -3.13. The van der Waals surface area contributed by atoms with Gasteiger partial charge in [0, 0.05) is 23.5 Å². The van der Waals surface area contributed by atoms with Crippen LogP contribution in [0.4, 0.5) is 29.3 Å². The third-order valence-corrected chi connectivity index (χ3v) is 4.40. The number of amides is 2. The Morgan fingerprint density at radius 1 is 0.909 bits per heavy atom. The highest BCUT2D eigenvalue weighted by Gasteiger charge is 2.30. The van der Waals surface area contributed by atoms with Crippen molar-refractivity contribution in [3.8, 4) is 17.6 Å². The number of aromatic nitrogens is 2. The van der Waals surface area contributed by atoms with Crippen LogP contribution in [0.2, 0.25) is 0 Å². The Kier molecular flexibility index (Phi) is 5.78. The summed E-state index contributed by atoms with van der Waals surface area (Å²) in [6, 6.07) is 17.0. The van der Waals surface area contributed by atoms with E-state index in [9.17, 15) is 18.0 Å². The minimum atomic E-state index is -4.51. The Balaban J connectivity index is 1.45. The maximum atomic E-state index is 12.8. The number of hydrogen-bond donors (Lipinski definition) is 2. The number of rotatable bonds is 4. The van der Waals surface area contributed by atoms with Gasteiger partial charge in [0.25, 0.3) is 0 Å². The van der Waals surface area contributed by atoms with Crippen molar-refractivity contribution in [3.05, 3.63) is 84.2 Å². The quantitative estimate of drug-likeness (QED) is 0.401. The molecular weight excluding hydrogens is 435 g/mol. The molecule has 0 aliphatic rings. The van der Waals surface area contributed by atoms with E-state index in [1.54, 1.807) is 42.5 Å². The number of ether oxygens (including phenoxy) is 1. The van der Waals surface area contributed by atoms with Crippen LogP contribution in [0.25, 0.3) is 11.0 Å². The topological polar surface area (TPSA) is 99.9 Å². The molecule has 1 heterocycles. The minimum absolute atomic E-state index is 0.00346. The normalized spacial score (nSPS) is 11.0. The van der Waals surface area contributed by atoms with Crippen molar-refractivity contribution >= 4 is 28.4 Å². The van der Waals surface area contributed by atoms with Crippen molar-refractivity contribution in [1.29, 1.82) is 5.26 Å². The van der Waals surface area contributed by atoms with Gasteiger partial charge in [0.1, 0.15) is 17.6 Å². The van der Waals surface area contributed by atoms with E-state index >= 15 is 0 Å². The summed E-state index contributed by atoms with van der Waals surface area (Å²) in [5.74, 6) is 0.841. The van der Waals surface area contributed by atoms with Crippen molar-refractivity contribution in [2.24, 2.45) is 0 Å². The zero-order valence-electron chi connectivity index (χ0n) is 16.7. The Morgan fingerprint density at radius 3 is 2.33 bits per heavy atom. The number of nitriles is 1. The Bertz CT molecular complexity index is 1380. The first-order valence-electron chi connectivity index (χ1n) is 9.50. The number of hydrogen-bond acceptors (Lipinski definition) is 5. The van der Waals surface area contributed by atoms with E-state index in [1.165, 1.54) is 18.3 Å². The molecule has 0 saturated carbocycles. The molecule has 33 heavy (non-hydrogen) atoms. The predicted molar refractivity (Wildman–Crippen MR) is 115 cm³/mol. The fourth-order valence-electron chi connectivity index (χ4n) is 2.95. The highest BCUT2D eigenvalue weighted by atomic mass is 19.4. The third kappa shape index (κ3) is 5.34. The average Bonchev–Trinajstić information content (AvgIpc) is 2.78. The number of halogens is 3. The summed E-state index contributed by atoms with van der Waals surface area (Å²) in [5.41, 5.74) is 0.771. The Labute approximate surface area is 185 Å². The van der Waals surface area contributed by atoms with E-state index in [2.05, 4.69) is 20.6 Å². The highest BCUT2D eigenvalue weighted by Crippen LogP contribution is 2.31. The van der Waals surface area contributed by atoms with Crippen molar-refractivity contribution in [3.63, 3.8) is 0 Å². The summed E-state index contributed by atoms with van der Waals surface area (Å²) >= 11 is 0. The van der Waals surface area contributed by atoms with Crippen LogP contribution in [-0.4, -0.2) is 16.0 Å². The van der Waals surface area contributed by atoms with Gasteiger partial charge in [-0.05, 0) is 42.5 Å². The lowest BCUT2D eigenvalue weighted by molar-refractivity contribution is -0.137. The maximum absolute atomic E-state index is 12.8. The van der Waals surface area contributed by atoms with Gasteiger partial charge in [-0.1, -0.05) is 12.1 Å². The number of alkyl halides is 3. The van der Waals surface area contributed by atoms with Crippen LogP contribution in [0.5, 0.6) is 11.5 Å². The molecule has 0 aliphatic heterocycles. The molecule has 0 radical (unpaired) electrons. The van der Waals surface area contributed by atoms with Gasteiger partial charge in [-0.15, -0.1) is 0 Å². The van der Waals surface area contributed by atoms with Crippen LogP contribution < -0.4 is 15.4 Å². The second kappa shape index (κ2) is 8.84. The van der Waals surface area contributed by atoms with Crippen LogP contribution in [0.15, 0.2) is 72.9 Å². The molecule has 10 heteroatoms. The fraction of sp³-hybridized carbons (Fsp3) is 0.0435. The lowest BCUT2D eigenvalue weighted by atomic mass is 10.2. The third-order valence-electron chi connectivity index (χ3n) is 4.40. The molecule has 1 aromatic heterocycles. The second-order valence-corrected chi connectivity index (χ2v) is 6.81. The summed E-state index contributed by atoms with van der Waals surface area (Å²) in [5, 5.41) is 13.9. The van der Waals surface area contributed by atoms with Gasteiger partial charge in [0.15, 0.2) is 5.69 Å². The zero-order chi connectivity index (χ0) is 23.4. The lowest BCUT2D eigenvalue weighted by Crippen LogP contribution is -2.19. The molecular formula is C23H14F3N5O2. The van der Waals surface area contributed by atoms with Crippen LogP contribution in [-0.2, 0) is 6.18 Å². The molecule has 0 bridgehead atoms. The van der Waals surface area contributed by atoms with Crippen LogP contribution in [0.3, 0.4) is 0 Å². The molecule has 2 amide bonds. The summed E-state index contributed by atoms with van der Waals surface area (Å²) in [7, 11) is 0. The molecule has 0 atom stereocenters. The Morgan fingerprint density at radius 2 is 1.61 bits per heavy atom. The first kappa shape index (κ1) is 21.6. The van der Waals surface area contributed by atoms with Gasteiger partial charge < -0.3 is 15.4 Å². The number of urea groups is 1. The van der Waals surface area contributed by atoms with E-state index < -0.39 is 17.8 Å². The molecule has 2 N–H and O–H groups in total. The molecule has 3 aromatic carbocycles. The number of nitrogens with one attached hydrogen (secondary N) is 2. The van der Waals surface area contributed by atoms with Crippen molar-refractivity contribution in [1.82, 2.24) is 9.97 Å². The van der Waals surface area contributed by atoms with Gasteiger partial charge in [-0.25, -0.2) is 9.78 Å². The highest BCUT2D eigenvalue weighted by molar-refractivity contribution is 5.99. The first-order chi connectivity index (χ1) is 15.8. The van der Waals surface area contributed by atoms with E-state index in [-0.39, 0.29) is 11.4 Å². The Hall–Kier alpha value is -4.65. The molecule has 4 rings (SSSR count). The molecule has 7 nitrogen and oxygen atoms in total. The number of carbonyl (C=O) groups excluding carboxylic acids is 1. The van der Waals surface area contributed by atoms with Crippen LogP contribution >= 0.6 is 0 Å². The number of carbonyl (C=O) groups is 1. The fourth-order valence-corrected chi connectivity index (χ4v) is 2.95. The van der Waals surface area contributed by atoms with Crippen LogP contribution in [0, 0.1) is 11.3 Å². The summed E-state index contributed by atoms with van der Waals surface area (Å²) < 4.78 is 44.3. The number of nitrogens with zero attached hydrogens (tertiary/aromatic N) is 3. The van der Waals surface area contributed by atoms with Gasteiger partial charge in [0.05, 0.1) is 22.8 Å². The average molecular weight is 449 g/mol. The first-order valence-corrected chi connectivity index (χ1v) is 9.50. The van der Waals surface area contributed by atoms with E-state index in [0.717, 1.165) is 12.1 Å². The van der Waals surface area contributed by atoms with Gasteiger partial charge in [-0.3, -0.25) is 4.98 Å². The van der Waals surface area contributed by atoms with Crippen molar-refractivity contribution in [2.45, 2.75) is 6.18 Å². The molecule has 0 unspecified atom stereocenters. The minimum Gasteiger partial charge on any atom is -0.457 e. The molecule has 164 valence electrons. The molecule has 0 aliphatic carbocycles. The predicted octanol–water partition coefficient (Wildman–Crippen LogP) is 5.96. The van der Waals surface area contributed by atoms with E-state index in [4.69, 9.17) is 10.00 Å². The number of anilines is 2. The molecule has 4 aromatic rings. The zero-order valence-corrected chi connectivity index (χ0v) is 16.7. The van der Waals surface area contributed by atoms with Crippen molar-refractivity contribution in [2.75, 3.05) is 10.6 Å². The van der Waals surface area contributed by atoms with Gasteiger partial charge in [0.2, 0.25) is 0 Å². The lowest BCUT2D eigenvalue weighted by Gasteiger charge is -2.12. The molecule has 0 saturated heterocycles. The van der Waals surface area contributed by atoms with Crippen molar-refractivity contribution < 1.29 is 22.7 Å². The van der Waals surface area contributed by atoms with E-state index in [0.29, 0.717) is 28.2 Å². The van der Waals surface area contributed by atoms with Gasteiger partial charge in [-0.2, -0.15) is 18.4 Å². The summed E-state index contributed by atoms with van der Waals surface area (Å²) in [4.78, 5) is 20.6. The summed E-state index contributed by atoms with van der Waals surface area (Å²) in [6.45, 7) is 0.